The van der Waals surface area contributed by atoms with Crippen LogP contribution in [0.25, 0.3) is 0 Å². The Bertz CT molecular complexity index is 593. The van der Waals surface area contributed by atoms with Crippen LogP contribution in [-0.2, 0) is 4.79 Å². The number of methoxy groups -OCH3 is 1. The molecule has 1 aromatic heterocycles. The van der Waals surface area contributed by atoms with E-state index in [0.717, 1.165) is 0 Å². The molecular weight excluding hydrogens is 282 g/mol. The average molecular weight is 294 g/mol. The smallest absolute Gasteiger partial charge is 0.316 e. The highest BCUT2D eigenvalue weighted by Gasteiger charge is 2.09. The molecule has 1 aromatic carbocycles. The van der Waals surface area contributed by atoms with Crippen molar-refractivity contribution in [1.29, 1.82) is 0 Å². The van der Waals surface area contributed by atoms with E-state index in [1.807, 2.05) is 0 Å². The monoisotopic (exact) mass is 293 g/mol. The van der Waals surface area contributed by atoms with Crippen LogP contribution in [0.4, 0.5) is 5.69 Å². The summed E-state index contributed by atoms with van der Waals surface area (Å²) in [5.41, 5.74) is 0.475. The first-order valence-corrected chi connectivity index (χ1v) is 6.10. The minimum absolute atomic E-state index is 0.140. The van der Waals surface area contributed by atoms with Crippen LogP contribution in [0.3, 0.4) is 0 Å². The second-order valence-electron chi connectivity index (χ2n) is 3.71. The number of carbonyl (C=O) groups is 1. The van der Waals surface area contributed by atoms with Crippen molar-refractivity contribution in [3.8, 4) is 11.8 Å². The van der Waals surface area contributed by atoms with Gasteiger partial charge in [0.25, 0.3) is 5.91 Å². The number of nitrogens with one attached hydrogen (secondary N) is 1. The van der Waals surface area contributed by atoms with Crippen LogP contribution in [0.1, 0.15) is 0 Å². The molecule has 0 aliphatic carbocycles. The van der Waals surface area contributed by atoms with Crippen molar-refractivity contribution in [2.45, 2.75) is 0 Å². The summed E-state index contributed by atoms with van der Waals surface area (Å²) in [6.07, 6.45) is 3.06. The predicted molar refractivity (Wildman–Crippen MR) is 74.2 cm³/mol. The van der Waals surface area contributed by atoms with Crippen molar-refractivity contribution in [2.24, 2.45) is 0 Å². The molecule has 0 saturated heterocycles. The van der Waals surface area contributed by atoms with Crippen LogP contribution in [0.5, 0.6) is 11.8 Å². The zero-order valence-corrected chi connectivity index (χ0v) is 11.4. The molecule has 104 valence electrons. The Kier molecular flexibility index (Phi) is 4.73. The molecule has 7 heteroatoms. The summed E-state index contributed by atoms with van der Waals surface area (Å²) in [4.78, 5) is 19.5. The largest absolute Gasteiger partial charge is 0.495 e. The van der Waals surface area contributed by atoms with E-state index in [1.165, 1.54) is 19.5 Å². The summed E-state index contributed by atoms with van der Waals surface area (Å²) >= 11 is 5.87. The number of amides is 1. The molecule has 1 amide bonds. The first-order chi connectivity index (χ1) is 9.69. The van der Waals surface area contributed by atoms with Gasteiger partial charge in [-0.05, 0) is 24.3 Å². The van der Waals surface area contributed by atoms with E-state index >= 15 is 0 Å². The van der Waals surface area contributed by atoms with Crippen molar-refractivity contribution in [1.82, 2.24) is 9.97 Å². The van der Waals surface area contributed by atoms with Crippen LogP contribution in [0, 0.1) is 0 Å². The van der Waals surface area contributed by atoms with Gasteiger partial charge in [-0.1, -0.05) is 11.6 Å². The lowest BCUT2D eigenvalue weighted by Crippen LogP contribution is -2.21. The maximum Gasteiger partial charge on any atom is 0.316 e. The molecule has 6 nitrogen and oxygen atoms in total. The van der Waals surface area contributed by atoms with Gasteiger partial charge in [0.1, 0.15) is 5.75 Å². The minimum atomic E-state index is -0.363. The van der Waals surface area contributed by atoms with E-state index in [1.54, 1.807) is 24.3 Å². The zero-order valence-electron chi connectivity index (χ0n) is 10.7. The number of ether oxygens (including phenoxy) is 2. The van der Waals surface area contributed by atoms with Gasteiger partial charge in [-0.3, -0.25) is 4.79 Å². The number of aromatic nitrogens is 2. The highest BCUT2D eigenvalue weighted by atomic mass is 35.5. The SMILES string of the molecule is COc1ccc(Cl)cc1NC(=O)COc1ncccn1. The highest BCUT2D eigenvalue weighted by molar-refractivity contribution is 6.31. The second kappa shape index (κ2) is 6.72. The van der Waals surface area contributed by atoms with Gasteiger partial charge in [0.2, 0.25) is 0 Å². The average Bonchev–Trinajstić information content (AvgIpc) is 2.46. The molecule has 2 aromatic rings. The summed E-state index contributed by atoms with van der Waals surface area (Å²) < 4.78 is 10.3. The fraction of sp³-hybridized carbons (Fsp3) is 0.154. The summed E-state index contributed by atoms with van der Waals surface area (Å²) in [6, 6.07) is 6.73. The van der Waals surface area contributed by atoms with Crippen LogP contribution < -0.4 is 14.8 Å². The summed E-state index contributed by atoms with van der Waals surface area (Å²) in [7, 11) is 1.51. The quantitative estimate of drug-likeness (QED) is 0.914. The topological polar surface area (TPSA) is 73.3 Å². The van der Waals surface area contributed by atoms with Crippen molar-refractivity contribution in [3.05, 3.63) is 41.7 Å². The molecule has 2 rings (SSSR count). The first kappa shape index (κ1) is 14.1. The van der Waals surface area contributed by atoms with Gasteiger partial charge >= 0.3 is 6.01 Å². The number of rotatable bonds is 5. The van der Waals surface area contributed by atoms with Crippen molar-refractivity contribution in [2.75, 3.05) is 19.0 Å². The van der Waals surface area contributed by atoms with E-state index in [4.69, 9.17) is 21.1 Å². The number of anilines is 1. The van der Waals surface area contributed by atoms with Gasteiger partial charge in [0.05, 0.1) is 12.8 Å². The molecule has 0 fully saturated rings. The zero-order chi connectivity index (χ0) is 14.4. The van der Waals surface area contributed by atoms with Crippen molar-refractivity contribution in [3.63, 3.8) is 0 Å². The molecule has 0 atom stereocenters. The second-order valence-corrected chi connectivity index (χ2v) is 4.15. The van der Waals surface area contributed by atoms with Gasteiger partial charge in [-0.25, -0.2) is 9.97 Å². The Hall–Kier alpha value is -2.34. The third kappa shape index (κ3) is 3.83. The van der Waals surface area contributed by atoms with Crippen LogP contribution >= 0.6 is 11.6 Å². The van der Waals surface area contributed by atoms with Gasteiger partial charge in [-0.2, -0.15) is 0 Å². The molecule has 0 saturated carbocycles. The van der Waals surface area contributed by atoms with E-state index < -0.39 is 0 Å². The van der Waals surface area contributed by atoms with Crippen molar-refractivity contribution < 1.29 is 14.3 Å². The summed E-state index contributed by atoms with van der Waals surface area (Å²) in [5, 5.41) is 3.14. The number of nitrogens with zero attached hydrogens (tertiary/aromatic N) is 2. The predicted octanol–water partition coefficient (Wildman–Crippen LogP) is 2.16. The number of carbonyl (C=O) groups excluding carboxylic acids is 1. The van der Waals surface area contributed by atoms with Gasteiger partial charge in [0.15, 0.2) is 6.61 Å². The molecular formula is C13H12ClN3O3. The van der Waals surface area contributed by atoms with Crippen molar-refractivity contribution >= 4 is 23.2 Å². The Labute approximate surface area is 120 Å². The highest BCUT2D eigenvalue weighted by Crippen LogP contribution is 2.27. The van der Waals surface area contributed by atoms with E-state index in [9.17, 15) is 4.79 Å². The summed E-state index contributed by atoms with van der Waals surface area (Å²) in [6.45, 7) is -0.209. The molecule has 0 unspecified atom stereocenters. The van der Waals surface area contributed by atoms with Gasteiger partial charge < -0.3 is 14.8 Å². The molecule has 0 aliphatic heterocycles. The van der Waals surface area contributed by atoms with Gasteiger partial charge in [-0.15, -0.1) is 0 Å². The maximum absolute atomic E-state index is 11.8. The van der Waals surface area contributed by atoms with E-state index in [2.05, 4.69) is 15.3 Å². The lowest BCUT2D eigenvalue weighted by atomic mass is 10.3. The maximum atomic E-state index is 11.8. The number of hydrogen-bond donors (Lipinski definition) is 1. The molecule has 0 aliphatic rings. The molecule has 1 heterocycles. The van der Waals surface area contributed by atoms with Gasteiger partial charge in [0, 0.05) is 17.4 Å². The molecule has 0 spiro atoms. The third-order valence-electron chi connectivity index (χ3n) is 2.31. The summed E-state index contributed by atoms with van der Waals surface area (Å²) in [5.74, 6) is 0.150. The molecule has 20 heavy (non-hydrogen) atoms. The Balaban J connectivity index is 1.96. The minimum Gasteiger partial charge on any atom is -0.495 e. The third-order valence-corrected chi connectivity index (χ3v) is 2.55. The number of hydrogen-bond acceptors (Lipinski definition) is 5. The molecule has 0 radical (unpaired) electrons. The lowest BCUT2D eigenvalue weighted by Gasteiger charge is -2.10. The lowest BCUT2D eigenvalue weighted by molar-refractivity contribution is -0.118. The normalized spacial score (nSPS) is 9.90. The van der Waals surface area contributed by atoms with E-state index in [-0.39, 0.29) is 18.5 Å². The first-order valence-electron chi connectivity index (χ1n) is 5.72. The van der Waals surface area contributed by atoms with Crippen LogP contribution in [0.15, 0.2) is 36.7 Å². The Morgan fingerprint density at radius 2 is 2.10 bits per heavy atom. The molecule has 1 N–H and O–H groups in total. The number of halogens is 1. The molecule has 0 bridgehead atoms. The van der Waals surface area contributed by atoms with E-state index in [0.29, 0.717) is 16.5 Å². The fourth-order valence-corrected chi connectivity index (χ4v) is 1.63. The fourth-order valence-electron chi connectivity index (χ4n) is 1.45. The Morgan fingerprint density at radius 3 is 2.80 bits per heavy atom. The number of benzene rings is 1. The van der Waals surface area contributed by atoms with Crippen LogP contribution in [-0.4, -0.2) is 29.6 Å². The Morgan fingerprint density at radius 1 is 1.35 bits per heavy atom. The van der Waals surface area contributed by atoms with Crippen LogP contribution in [0.2, 0.25) is 5.02 Å². The standard InChI is InChI=1S/C13H12ClN3O3/c1-19-11-4-3-9(14)7-10(11)17-12(18)8-20-13-15-5-2-6-16-13/h2-7H,8H2,1H3,(H,17,18).